The predicted molar refractivity (Wildman–Crippen MR) is 121 cm³/mol. The van der Waals surface area contributed by atoms with Gasteiger partial charge in [0.2, 0.25) is 0 Å². The van der Waals surface area contributed by atoms with E-state index < -0.39 is 35.8 Å². The van der Waals surface area contributed by atoms with Crippen molar-refractivity contribution in [1.82, 2.24) is 9.99 Å². The Bertz CT molecular complexity index is 1240. The molecule has 1 amide bonds. The van der Waals surface area contributed by atoms with E-state index >= 15 is 0 Å². The van der Waals surface area contributed by atoms with Crippen LogP contribution in [0.25, 0.3) is 10.8 Å². The van der Waals surface area contributed by atoms with Crippen molar-refractivity contribution >= 4 is 16.7 Å². The molecule has 5 nitrogen and oxygen atoms in total. The van der Waals surface area contributed by atoms with Gasteiger partial charge in [0.05, 0.1) is 22.7 Å². The molecule has 1 atom stereocenters. The summed E-state index contributed by atoms with van der Waals surface area (Å²) >= 11 is 0. The number of pyridine rings is 1. The Kier molecular flexibility index (Phi) is 6.72. The highest BCUT2D eigenvalue weighted by Gasteiger charge is 2.32. The maximum atomic E-state index is 14.7. The number of halogens is 3. The van der Waals surface area contributed by atoms with Crippen LogP contribution in [0, 0.1) is 17.6 Å². The number of carbonyl (C=O) groups excluding carboxylic acids is 1. The van der Waals surface area contributed by atoms with Gasteiger partial charge in [-0.2, -0.15) is 0 Å². The molecule has 0 aliphatic heterocycles. The third-order valence-corrected chi connectivity index (χ3v) is 6.25. The molecule has 0 radical (unpaired) electrons. The van der Waals surface area contributed by atoms with E-state index in [0.717, 1.165) is 30.0 Å². The molecule has 1 aromatic heterocycles. The Morgan fingerprint density at radius 2 is 1.94 bits per heavy atom. The monoisotopic (exact) mass is 456 g/mol. The SMILES string of the molecule is CCCNn1c(C[18F])c(C(=O)N[C@H](c2cccc(F)c2)C2CCC2)c2cccc(F)c2c1=O. The number of amides is 1. The molecule has 1 heterocycles. The standard InChI is InChI=1S/C25H26F3N3O2/c1-2-12-29-31-20(14-26)22(18-10-5-11-19(28)21(18)25(31)33)24(32)30-23(15-6-3-7-15)16-8-4-9-17(27)13-16/h4-5,8-11,13,15,23,29H,2-3,6-7,12,14H2,1H3,(H,30,32)/t23-/m0/s1/i26-1. The van der Waals surface area contributed by atoms with E-state index in [4.69, 9.17) is 0 Å². The van der Waals surface area contributed by atoms with Crippen molar-refractivity contribution in [1.29, 1.82) is 0 Å². The quantitative estimate of drug-likeness (QED) is 0.503. The van der Waals surface area contributed by atoms with Gasteiger partial charge in [0.1, 0.15) is 18.3 Å². The first-order valence-electron chi connectivity index (χ1n) is 11.2. The molecule has 4 rings (SSSR count). The van der Waals surface area contributed by atoms with Crippen LogP contribution in [-0.2, 0) is 6.67 Å². The predicted octanol–water partition coefficient (Wildman–Crippen LogP) is 4.97. The second kappa shape index (κ2) is 9.68. The van der Waals surface area contributed by atoms with Gasteiger partial charge in [0, 0.05) is 11.9 Å². The minimum Gasteiger partial charge on any atom is -0.345 e. The molecule has 1 fully saturated rings. The van der Waals surface area contributed by atoms with Gasteiger partial charge in [-0.3, -0.25) is 9.59 Å². The summed E-state index contributed by atoms with van der Waals surface area (Å²) in [6, 6.07) is 9.50. The van der Waals surface area contributed by atoms with Crippen molar-refractivity contribution in [2.75, 3.05) is 12.0 Å². The van der Waals surface area contributed by atoms with Gasteiger partial charge in [-0.05, 0) is 48.9 Å². The second-order valence-corrected chi connectivity index (χ2v) is 8.36. The van der Waals surface area contributed by atoms with E-state index in [1.165, 1.54) is 24.3 Å². The number of alkyl halides is 1. The van der Waals surface area contributed by atoms with Crippen LogP contribution in [-0.4, -0.2) is 17.1 Å². The fourth-order valence-corrected chi connectivity index (χ4v) is 4.38. The highest BCUT2D eigenvalue weighted by atomic mass is 19.1. The third kappa shape index (κ3) is 4.34. The molecule has 0 unspecified atom stereocenters. The Labute approximate surface area is 189 Å². The topological polar surface area (TPSA) is 63.1 Å². The molecule has 3 aromatic rings. The number of nitrogens with zero attached hydrogens (tertiary/aromatic N) is 1. The molecule has 1 aliphatic carbocycles. The lowest BCUT2D eigenvalue weighted by Crippen LogP contribution is -2.39. The van der Waals surface area contributed by atoms with Gasteiger partial charge >= 0.3 is 0 Å². The first-order chi connectivity index (χ1) is 16.0. The van der Waals surface area contributed by atoms with Gasteiger partial charge in [-0.15, -0.1) is 0 Å². The zero-order valence-electron chi connectivity index (χ0n) is 18.3. The van der Waals surface area contributed by atoms with E-state index in [9.17, 15) is 22.8 Å². The first kappa shape index (κ1) is 22.9. The fourth-order valence-electron chi connectivity index (χ4n) is 4.38. The van der Waals surface area contributed by atoms with Crippen LogP contribution in [0.1, 0.15) is 60.3 Å². The van der Waals surface area contributed by atoms with E-state index in [2.05, 4.69) is 10.7 Å². The van der Waals surface area contributed by atoms with E-state index in [1.54, 1.807) is 12.1 Å². The van der Waals surface area contributed by atoms with Crippen LogP contribution in [0.4, 0.5) is 13.2 Å². The highest BCUT2D eigenvalue weighted by Crippen LogP contribution is 2.38. The smallest absolute Gasteiger partial charge is 0.280 e. The minimum atomic E-state index is -1.10. The van der Waals surface area contributed by atoms with E-state index in [-0.39, 0.29) is 27.9 Å². The summed E-state index contributed by atoms with van der Waals surface area (Å²) in [6.07, 6.45) is 3.37. The van der Waals surface area contributed by atoms with Crippen molar-refractivity contribution in [3.8, 4) is 0 Å². The van der Waals surface area contributed by atoms with Gasteiger partial charge < -0.3 is 10.7 Å². The number of benzene rings is 2. The number of hydrogen-bond acceptors (Lipinski definition) is 3. The summed E-state index contributed by atoms with van der Waals surface area (Å²) in [5.41, 5.74) is 2.40. The van der Waals surface area contributed by atoms with Crippen molar-refractivity contribution < 1.29 is 18.0 Å². The molecular formula is C25H26F3N3O2. The summed E-state index contributed by atoms with van der Waals surface area (Å²) in [5, 5.41) is 2.69. The zero-order valence-corrected chi connectivity index (χ0v) is 18.3. The van der Waals surface area contributed by atoms with Crippen LogP contribution in [0.2, 0.25) is 0 Å². The van der Waals surface area contributed by atoms with E-state index in [0.29, 0.717) is 18.5 Å². The van der Waals surface area contributed by atoms with Crippen LogP contribution < -0.4 is 16.3 Å². The average molecular weight is 456 g/mol. The maximum absolute atomic E-state index is 14.7. The van der Waals surface area contributed by atoms with Gasteiger partial charge in [-0.25, -0.2) is 17.8 Å². The molecule has 174 valence electrons. The Morgan fingerprint density at radius 1 is 1.18 bits per heavy atom. The molecule has 2 aromatic carbocycles. The highest BCUT2D eigenvalue weighted by molar-refractivity contribution is 6.08. The van der Waals surface area contributed by atoms with Gasteiger partial charge in [0.25, 0.3) is 11.5 Å². The zero-order chi connectivity index (χ0) is 23.5. The summed E-state index contributed by atoms with van der Waals surface area (Å²) in [4.78, 5) is 26.5. The molecule has 1 saturated carbocycles. The van der Waals surface area contributed by atoms with Crippen LogP contribution in [0.5, 0.6) is 0 Å². The van der Waals surface area contributed by atoms with Crippen molar-refractivity contribution in [2.45, 2.75) is 45.3 Å². The summed E-state index contributed by atoms with van der Waals surface area (Å²) in [5.74, 6) is -1.73. The lowest BCUT2D eigenvalue weighted by Gasteiger charge is -2.35. The number of hydrogen-bond donors (Lipinski definition) is 2. The molecule has 0 spiro atoms. The number of rotatable bonds is 8. The second-order valence-electron chi connectivity index (χ2n) is 8.36. The van der Waals surface area contributed by atoms with E-state index in [1.807, 2.05) is 6.92 Å². The van der Waals surface area contributed by atoms with Gasteiger partial charge in [-0.1, -0.05) is 37.6 Å². The number of fused-ring (bicyclic) bond motifs is 1. The molecule has 1 aliphatic rings. The van der Waals surface area contributed by atoms with Crippen molar-refractivity contribution in [2.24, 2.45) is 5.92 Å². The summed E-state index contributed by atoms with van der Waals surface area (Å²) in [7, 11) is 0. The molecule has 0 saturated heterocycles. The Morgan fingerprint density at radius 3 is 2.58 bits per heavy atom. The summed E-state index contributed by atoms with van der Waals surface area (Å²) < 4.78 is 43.8. The average Bonchev–Trinajstić information content (AvgIpc) is 2.76. The Balaban J connectivity index is 1.85. The van der Waals surface area contributed by atoms with Crippen molar-refractivity contribution in [3.63, 3.8) is 0 Å². The number of aromatic nitrogens is 1. The molecule has 0 bridgehead atoms. The summed E-state index contributed by atoms with van der Waals surface area (Å²) in [6.45, 7) is 1.10. The van der Waals surface area contributed by atoms with Crippen LogP contribution in [0.15, 0.2) is 47.3 Å². The van der Waals surface area contributed by atoms with Gasteiger partial charge in [0.15, 0.2) is 0 Å². The first-order valence-corrected chi connectivity index (χ1v) is 11.2. The minimum absolute atomic E-state index is 0.0475. The molecule has 33 heavy (non-hydrogen) atoms. The largest absolute Gasteiger partial charge is 0.345 e. The lowest BCUT2D eigenvalue weighted by molar-refractivity contribution is 0.0899. The molecule has 8 heteroatoms. The third-order valence-electron chi connectivity index (χ3n) is 6.25. The van der Waals surface area contributed by atoms with Crippen molar-refractivity contribution in [3.05, 3.63) is 81.3 Å². The Hall–Kier alpha value is -3.29. The fraction of sp³-hybridized carbons (Fsp3) is 0.360. The molecule has 2 N–H and O–H groups in total. The molecular weight excluding hydrogens is 430 g/mol. The van der Waals surface area contributed by atoms with Crippen LogP contribution >= 0.6 is 0 Å². The number of carbonyl (C=O) groups is 1. The maximum Gasteiger partial charge on any atom is 0.280 e. The lowest BCUT2D eigenvalue weighted by atomic mass is 9.77. The normalized spacial score (nSPS) is 14.7. The number of nitrogens with one attached hydrogen (secondary N) is 2. The van der Waals surface area contributed by atoms with Crippen LogP contribution in [0.3, 0.4) is 0 Å².